The monoisotopic (exact) mass is 238 g/mol. The van der Waals surface area contributed by atoms with Crippen LogP contribution in [0.1, 0.15) is 12.5 Å². The van der Waals surface area contributed by atoms with Crippen LogP contribution in [0.15, 0.2) is 48.5 Å². The molecule has 16 heavy (non-hydrogen) atoms. The molecule has 78 valence electrons. The minimum atomic E-state index is 0. The zero-order chi connectivity index (χ0) is 10.7. The summed E-state index contributed by atoms with van der Waals surface area (Å²) in [5.41, 5.74) is 3.30. The van der Waals surface area contributed by atoms with E-state index in [9.17, 15) is 5.11 Å². The Labute approximate surface area is 139 Å². The van der Waals surface area contributed by atoms with Gasteiger partial charge in [0.25, 0.3) is 0 Å². The Bertz CT molecular complexity index is 452. The fraction of sp³-hybridized carbons (Fsp3) is 0.143. The second kappa shape index (κ2) is 6.57. The third kappa shape index (κ3) is 2.96. The molecule has 0 atom stereocenters. The Morgan fingerprint density at radius 2 is 1.62 bits per heavy atom. The van der Waals surface area contributed by atoms with E-state index in [0.717, 1.165) is 23.1 Å². The van der Waals surface area contributed by atoms with Crippen molar-refractivity contribution < 1.29 is 5.11 Å². The second-order valence-corrected chi connectivity index (χ2v) is 3.52. The molecule has 0 saturated heterocycles. The standard InChI is InChI=1S/C14H14O.K.H/c1-2-12-13(9-6-10-14(12)15)11-7-4-3-5-8-11;;/h3-10,15H,2H2,1H3;;. The number of benzene rings is 2. The average molecular weight is 238 g/mol. The van der Waals surface area contributed by atoms with Gasteiger partial charge in [-0.25, -0.2) is 0 Å². The molecule has 2 rings (SSSR count). The molecule has 2 heteroatoms. The summed E-state index contributed by atoms with van der Waals surface area (Å²) >= 11 is 0. The molecule has 0 spiro atoms. The van der Waals surface area contributed by atoms with Crippen molar-refractivity contribution in [2.75, 3.05) is 0 Å². The van der Waals surface area contributed by atoms with Crippen molar-refractivity contribution in [1.29, 1.82) is 0 Å². The summed E-state index contributed by atoms with van der Waals surface area (Å²) in [5.74, 6) is 0.388. The summed E-state index contributed by atoms with van der Waals surface area (Å²) in [4.78, 5) is 0. The fourth-order valence-corrected chi connectivity index (χ4v) is 1.83. The van der Waals surface area contributed by atoms with Crippen LogP contribution in [0.25, 0.3) is 11.1 Å². The summed E-state index contributed by atoms with van der Waals surface area (Å²) in [6.45, 7) is 2.06. The van der Waals surface area contributed by atoms with E-state index in [4.69, 9.17) is 0 Å². The topological polar surface area (TPSA) is 20.2 Å². The van der Waals surface area contributed by atoms with Crippen molar-refractivity contribution >= 4 is 51.4 Å². The maximum atomic E-state index is 9.75. The van der Waals surface area contributed by atoms with Crippen LogP contribution in [0.4, 0.5) is 0 Å². The van der Waals surface area contributed by atoms with Crippen LogP contribution in [0.3, 0.4) is 0 Å². The number of hydrogen-bond donors (Lipinski definition) is 1. The molecule has 2 aromatic carbocycles. The SMILES string of the molecule is CCc1c(O)cccc1-c1ccccc1.[KH]. The van der Waals surface area contributed by atoms with Gasteiger partial charge < -0.3 is 5.11 Å². The Morgan fingerprint density at radius 3 is 2.25 bits per heavy atom. The first-order chi connectivity index (χ1) is 7.33. The van der Waals surface area contributed by atoms with Gasteiger partial charge in [-0.2, -0.15) is 0 Å². The summed E-state index contributed by atoms with van der Waals surface area (Å²) in [6, 6.07) is 15.8. The van der Waals surface area contributed by atoms with Gasteiger partial charge in [0.05, 0.1) is 0 Å². The third-order valence-electron chi connectivity index (χ3n) is 2.59. The van der Waals surface area contributed by atoms with E-state index < -0.39 is 0 Å². The molecule has 0 amide bonds. The van der Waals surface area contributed by atoms with Gasteiger partial charge in [0.2, 0.25) is 0 Å². The molecule has 0 aliphatic carbocycles. The quantitative estimate of drug-likeness (QED) is 0.798. The summed E-state index contributed by atoms with van der Waals surface area (Å²) in [7, 11) is 0. The van der Waals surface area contributed by atoms with E-state index in [1.165, 1.54) is 0 Å². The summed E-state index contributed by atoms with van der Waals surface area (Å²) in [6.07, 6.45) is 0.844. The van der Waals surface area contributed by atoms with Crippen molar-refractivity contribution in [2.24, 2.45) is 0 Å². The zero-order valence-corrected chi connectivity index (χ0v) is 8.77. The van der Waals surface area contributed by atoms with Gasteiger partial charge >= 0.3 is 51.4 Å². The Balaban J connectivity index is 0.00000128. The van der Waals surface area contributed by atoms with Crippen molar-refractivity contribution in [1.82, 2.24) is 0 Å². The van der Waals surface area contributed by atoms with Gasteiger partial charge in [0.15, 0.2) is 0 Å². The average Bonchev–Trinajstić information content (AvgIpc) is 2.30. The van der Waals surface area contributed by atoms with Crippen LogP contribution in [-0.2, 0) is 6.42 Å². The van der Waals surface area contributed by atoms with Crippen LogP contribution in [0.5, 0.6) is 5.75 Å². The third-order valence-corrected chi connectivity index (χ3v) is 2.59. The predicted molar refractivity (Wildman–Crippen MR) is 70.1 cm³/mol. The molecular formula is C14H15KO. The molecule has 1 N–H and O–H groups in total. The van der Waals surface area contributed by atoms with Gasteiger partial charge in [-0.1, -0.05) is 49.4 Å². The molecule has 0 unspecified atom stereocenters. The first-order valence-corrected chi connectivity index (χ1v) is 5.19. The molecule has 1 nitrogen and oxygen atoms in total. The van der Waals surface area contributed by atoms with Crippen molar-refractivity contribution in [3.05, 3.63) is 54.1 Å². The van der Waals surface area contributed by atoms with Crippen molar-refractivity contribution in [3.8, 4) is 16.9 Å². The normalized spacial score (nSPS) is 9.56. The Morgan fingerprint density at radius 1 is 0.938 bits per heavy atom. The number of phenols is 1. The van der Waals surface area contributed by atoms with Crippen LogP contribution >= 0.6 is 0 Å². The van der Waals surface area contributed by atoms with Gasteiger partial charge in [0.1, 0.15) is 5.75 Å². The van der Waals surface area contributed by atoms with Crippen molar-refractivity contribution in [2.45, 2.75) is 13.3 Å². The van der Waals surface area contributed by atoms with Gasteiger partial charge in [-0.05, 0) is 23.6 Å². The first-order valence-electron chi connectivity index (χ1n) is 5.19. The van der Waals surface area contributed by atoms with E-state index in [2.05, 4.69) is 19.1 Å². The molecule has 0 saturated carbocycles. The van der Waals surface area contributed by atoms with E-state index in [-0.39, 0.29) is 51.4 Å². The fourth-order valence-electron chi connectivity index (χ4n) is 1.83. The first kappa shape index (κ1) is 13.9. The Hall–Kier alpha value is -0.124. The van der Waals surface area contributed by atoms with E-state index in [1.807, 2.05) is 30.3 Å². The van der Waals surface area contributed by atoms with Gasteiger partial charge in [0, 0.05) is 5.56 Å². The van der Waals surface area contributed by atoms with E-state index >= 15 is 0 Å². The maximum absolute atomic E-state index is 9.75. The van der Waals surface area contributed by atoms with E-state index in [1.54, 1.807) is 6.07 Å². The number of hydrogen-bond acceptors (Lipinski definition) is 1. The van der Waals surface area contributed by atoms with Crippen molar-refractivity contribution in [3.63, 3.8) is 0 Å². The van der Waals surface area contributed by atoms with Crippen LogP contribution in [0.2, 0.25) is 0 Å². The van der Waals surface area contributed by atoms with Crippen LogP contribution in [0, 0.1) is 0 Å². The molecule has 0 aliphatic heterocycles. The number of phenolic OH excluding ortho intramolecular Hbond substituents is 1. The molecule has 0 fully saturated rings. The summed E-state index contributed by atoms with van der Waals surface area (Å²) in [5, 5.41) is 9.75. The molecule has 0 bridgehead atoms. The number of aromatic hydroxyl groups is 1. The zero-order valence-electron chi connectivity index (χ0n) is 8.77. The van der Waals surface area contributed by atoms with Gasteiger partial charge in [-0.3, -0.25) is 0 Å². The van der Waals surface area contributed by atoms with Gasteiger partial charge in [-0.15, -0.1) is 0 Å². The minimum absolute atomic E-state index is 0. The molecule has 0 aromatic heterocycles. The molecular weight excluding hydrogens is 223 g/mol. The predicted octanol–water partition coefficient (Wildman–Crippen LogP) is 2.97. The summed E-state index contributed by atoms with van der Waals surface area (Å²) < 4.78 is 0. The van der Waals surface area contributed by atoms with E-state index in [0.29, 0.717) is 5.75 Å². The molecule has 0 radical (unpaired) electrons. The second-order valence-electron chi connectivity index (χ2n) is 3.52. The molecule has 0 aliphatic rings. The van der Waals surface area contributed by atoms with Crippen LogP contribution in [-0.4, -0.2) is 56.5 Å². The molecule has 0 heterocycles. The van der Waals surface area contributed by atoms with Crippen LogP contribution < -0.4 is 0 Å². The number of rotatable bonds is 2. The molecule has 2 aromatic rings. The Kier molecular flexibility index (Phi) is 5.73.